The van der Waals surface area contributed by atoms with Gasteiger partial charge in [-0.3, -0.25) is 0 Å². The molecule has 108 valence electrons. The Kier molecular flexibility index (Phi) is 3.70. The van der Waals surface area contributed by atoms with Crippen molar-refractivity contribution < 1.29 is 0 Å². The molecule has 0 amide bonds. The van der Waals surface area contributed by atoms with E-state index >= 15 is 0 Å². The highest BCUT2D eigenvalue weighted by atomic mass is 32.1. The molecule has 0 bridgehead atoms. The Bertz CT molecular complexity index is 732. The third-order valence-corrected chi connectivity index (χ3v) is 4.70. The fourth-order valence-corrected chi connectivity index (χ4v) is 3.25. The molecule has 0 aliphatic carbocycles. The zero-order chi connectivity index (χ0) is 14.8. The lowest BCUT2D eigenvalue weighted by molar-refractivity contribution is 0.788. The molecular formula is C15H17N5S. The van der Waals surface area contributed by atoms with Crippen LogP contribution in [0.5, 0.6) is 0 Å². The average Bonchev–Trinajstić information content (AvgIpc) is 3.12. The molecule has 0 fully saturated rings. The van der Waals surface area contributed by atoms with Crippen LogP contribution >= 0.6 is 11.3 Å². The summed E-state index contributed by atoms with van der Waals surface area (Å²) < 4.78 is 1.66. The number of benzene rings is 1. The average molecular weight is 299 g/mol. The van der Waals surface area contributed by atoms with Crippen molar-refractivity contribution in [3.8, 4) is 5.69 Å². The number of rotatable bonds is 4. The third-order valence-electron chi connectivity index (χ3n) is 3.50. The lowest BCUT2D eigenvalue weighted by Crippen LogP contribution is -2.08. The van der Waals surface area contributed by atoms with Crippen LogP contribution in [0, 0.1) is 13.8 Å². The van der Waals surface area contributed by atoms with Crippen molar-refractivity contribution in [2.75, 3.05) is 5.32 Å². The molecule has 0 radical (unpaired) electrons. The largest absolute Gasteiger partial charge is 0.377 e. The molecule has 6 heteroatoms. The molecule has 2 aromatic heterocycles. The second kappa shape index (κ2) is 5.65. The van der Waals surface area contributed by atoms with Gasteiger partial charge in [-0.1, -0.05) is 6.07 Å². The van der Waals surface area contributed by atoms with Crippen molar-refractivity contribution >= 4 is 17.0 Å². The third kappa shape index (κ3) is 2.80. The minimum atomic E-state index is 0.271. The van der Waals surface area contributed by atoms with Crippen LogP contribution in [0.3, 0.4) is 0 Å². The summed E-state index contributed by atoms with van der Waals surface area (Å²) in [6.07, 6.45) is 1.60. The first-order valence-corrected chi connectivity index (χ1v) is 7.67. The van der Waals surface area contributed by atoms with Crippen LogP contribution in [0.25, 0.3) is 5.69 Å². The van der Waals surface area contributed by atoms with Gasteiger partial charge in [-0.15, -0.1) is 16.4 Å². The minimum Gasteiger partial charge on any atom is -0.377 e. The second-order valence-corrected chi connectivity index (χ2v) is 6.04. The van der Waals surface area contributed by atoms with Crippen LogP contribution in [0.4, 0.5) is 5.69 Å². The van der Waals surface area contributed by atoms with E-state index in [0.717, 1.165) is 11.4 Å². The molecule has 5 nitrogen and oxygen atoms in total. The summed E-state index contributed by atoms with van der Waals surface area (Å²) in [6, 6.07) is 8.59. The Morgan fingerprint density at radius 1 is 1.19 bits per heavy atom. The SMILES string of the molecule is Cc1ccc(-n2cnnn2)cc1NC(C)c1sccc1C. The standard InChI is InChI=1S/C15H17N5S/c1-10-4-5-13(20-9-16-18-19-20)8-14(10)17-12(3)15-11(2)6-7-21-15/h4-9,12,17H,1-3H3. The van der Waals surface area contributed by atoms with E-state index in [4.69, 9.17) is 0 Å². The summed E-state index contributed by atoms with van der Waals surface area (Å²) in [5.41, 5.74) is 4.58. The fraction of sp³-hybridized carbons (Fsp3) is 0.267. The number of aromatic nitrogens is 4. The van der Waals surface area contributed by atoms with Gasteiger partial charge in [0, 0.05) is 10.6 Å². The number of aryl methyl sites for hydroxylation is 2. The molecule has 0 aliphatic heterocycles. The fourth-order valence-electron chi connectivity index (χ4n) is 2.31. The molecule has 0 spiro atoms. The van der Waals surface area contributed by atoms with Gasteiger partial charge in [-0.25, -0.2) is 4.68 Å². The number of hydrogen-bond donors (Lipinski definition) is 1. The molecule has 3 aromatic rings. The topological polar surface area (TPSA) is 55.6 Å². The Hall–Kier alpha value is -2.21. The smallest absolute Gasteiger partial charge is 0.143 e. The molecule has 3 rings (SSSR count). The van der Waals surface area contributed by atoms with Gasteiger partial charge in [0.1, 0.15) is 6.33 Å². The lowest BCUT2D eigenvalue weighted by atomic mass is 10.1. The first-order chi connectivity index (χ1) is 10.1. The van der Waals surface area contributed by atoms with Crippen LogP contribution < -0.4 is 5.32 Å². The molecule has 1 N–H and O–H groups in total. The summed E-state index contributed by atoms with van der Waals surface area (Å²) in [6.45, 7) is 6.43. The van der Waals surface area contributed by atoms with Gasteiger partial charge >= 0.3 is 0 Å². The molecule has 0 saturated heterocycles. The minimum absolute atomic E-state index is 0.271. The highest BCUT2D eigenvalue weighted by Gasteiger charge is 2.11. The van der Waals surface area contributed by atoms with Crippen LogP contribution in [0.2, 0.25) is 0 Å². The van der Waals surface area contributed by atoms with E-state index in [1.807, 2.05) is 6.07 Å². The van der Waals surface area contributed by atoms with E-state index in [0.29, 0.717) is 0 Å². The van der Waals surface area contributed by atoms with E-state index in [2.05, 4.69) is 65.2 Å². The zero-order valence-corrected chi connectivity index (χ0v) is 13.1. The quantitative estimate of drug-likeness (QED) is 0.801. The van der Waals surface area contributed by atoms with E-state index in [9.17, 15) is 0 Å². The first-order valence-electron chi connectivity index (χ1n) is 6.79. The predicted molar refractivity (Wildman–Crippen MR) is 85.0 cm³/mol. The molecular weight excluding hydrogens is 282 g/mol. The Balaban J connectivity index is 1.88. The zero-order valence-electron chi connectivity index (χ0n) is 12.2. The summed E-state index contributed by atoms with van der Waals surface area (Å²) in [5, 5.41) is 17.0. The van der Waals surface area contributed by atoms with Gasteiger partial charge in [-0.2, -0.15) is 0 Å². The summed E-state index contributed by atoms with van der Waals surface area (Å²) >= 11 is 1.78. The molecule has 0 saturated carbocycles. The van der Waals surface area contributed by atoms with Gasteiger partial charge in [0.05, 0.1) is 11.7 Å². The monoisotopic (exact) mass is 299 g/mol. The number of hydrogen-bond acceptors (Lipinski definition) is 5. The number of anilines is 1. The van der Waals surface area contributed by atoms with Crippen molar-refractivity contribution in [1.29, 1.82) is 0 Å². The van der Waals surface area contributed by atoms with Crippen LogP contribution in [-0.4, -0.2) is 20.2 Å². The maximum Gasteiger partial charge on any atom is 0.143 e. The predicted octanol–water partition coefficient (Wildman–Crippen LogP) is 3.51. The van der Waals surface area contributed by atoms with E-state index < -0.39 is 0 Å². The number of nitrogens with zero attached hydrogens (tertiary/aromatic N) is 4. The lowest BCUT2D eigenvalue weighted by Gasteiger charge is -2.17. The number of nitrogens with one attached hydrogen (secondary N) is 1. The van der Waals surface area contributed by atoms with E-state index in [-0.39, 0.29) is 6.04 Å². The molecule has 21 heavy (non-hydrogen) atoms. The molecule has 0 aliphatic rings. The number of tetrazole rings is 1. The van der Waals surface area contributed by atoms with Gasteiger partial charge in [-0.05, 0) is 65.9 Å². The van der Waals surface area contributed by atoms with Crippen LogP contribution in [0.1, 0.15) is 29.0 Å². The van der Waals surface area contributed by atoms with Gasteiger partial charge in [0.2, 0.25) is 0 Å². The molecule has 2 heterocycles. The molecule has 1 aromatic carbocycles. The second-order valence-electron chi connectivity index (χ2n) is 5.09. The molecule has 1 unspecified atom stereocenters. The van der Waals surface area contributed by atoms with Crippen molar-refractivity contribution in [3.05, 3.63) is 52.0 Å². The Morgan fingerprint density at radius 2 is 2.05 bits per heavy atom. The van der Waals surface area contributed by atoms with Gasteiger partial charge in [0.25, 0.3) is 0 Å². The summed E-state index contributed by atoms with van der Waals surface area (Å²) in [5.74, 6) is 0. The Labute approximate surface area is 127 Å². The summed E-state index contributed by atoms with van der Waals surface area (Å²) in [4.78, 5) is 1.36. The first kappa shape index (κ1) is 13.8. The van der Waals surface area contributed by atoms with Gasteiger partial charge < -0.3 is 5.32 Å². The maximum absolute atomic E-state index is 3.93. The number of thiophene rings is 1. The van der Waals surface area contributed by atoms with E-state index in [1.165, 1.54) is 16.0 Å². The van der Waals surface area contributed by atoms with Crippen molar-refractivity contribution in [1.82, 2.24) is 20.2 Å². The van der Waals surface area contributed by atoms with Crippen LogP contribution in [0.15, 0.2) is 36.0 Å². The van der Waals surface area contributed by atoms with Crippen LogP contribution in [-0.2, 0) is 0 Å². The highest BCUT2D eigenvalue weighted by Crippen LogP contribution is 2.29. The maximum atomic E-state index is 3.93. The Morgan fingerprint density at radius 3 is 2.71 bits per heavy atom. The van der Waals surface area contributed by atoms with E-state index in [1.54, 1.807) is 22.3 Å². The van der Waals surface area contributed by atoms with Gasteiger partial charge in [0.15, 0.2) is 0 Å². The van der Waals surface area contributed by atoms with Crippen molar-refractivity contribution in [2.24, 2.45) is 0 Å². The highest BCUT2D eigenvalue weighted by molar-refractivity contribution is 7.10. The normalized spacial score (nSPS) is 12.3. The van der Waals surface area contributed by atoms with Crippen molar-refractivity contribution in [2.45, 2.75) is 26.8 Å². The summed E-state index contributed by atoms with van der Waals surface area (Å²) in [7, 11) is 0. The van der Waals surface area contributed by atoms with Crippen molar-refractivity contribution in [3.63, 3.8) is 0 Å². The molecule has 1 atom stereocenters.